The van der Waals surface area contributed by atoms with Gasteiger partial charge in [-0.25, -0.2) is 4.39 Å². The first-order valence-corrected chi connectivity index (χ1v) is 8.55. The normalized spacial score (nSPS) is 21.6. The predicted molar refractivity (Wildman–Crippen MR) is 94.1 cm³/mol. The molecule has 1 aliphatic heterocycles. The van der Waals surface area contributed by atoms with Crippen LogP contribution in [-0.4, -0.2) is 37.5 Å². The van der Waals surface area contributed by atoms with Crippen LogP contribution in [0.15, 0.2) is 35.0 Å². The monoisotopic (exact) mass is 323 g/mol. The number of halogens is 1. The summed E-state index contributed by atoms with van der Waals surface area (Å²) in [4.78, 5) is 3.39. The van der Waals surface area contributed by atoms with Crippen LogP contribution in [0.5, 0.6) is 0 Å². The first-order chi connectivity index (χ1) is 10.5. The number of nitrogens with zero attached hydrogens (tertiary/aromatic N) is 2. The number of hydrogen-bond donors (Lipinski definition) is 1. The van der Waals surface area contributed by atoms with Gasteiger partial charge in [-0.1, -0.05) is 6.92 Å². The van der Waals surface area contributed by atoms with Crippen molar-refractivity contribution in [3.63, 3.8) is 0 Å². The zero-order valence-corrected chi connectivity index (χ0v) is 14.7. The Morgan fingerprint density at radius 2 is 2.18 bits per heavy atom. The van der Waals surface area contributed by atoms with E-state index in [1.54, 1.807) is 11.9 Å². The molecule has 5 heteroatoms. The smallest absolute Gasteiger partial charge is 0.116 e. The van der Waals surface area contributed by atoms with Gasteiger partial charge in [0.25, 0.3) is 0 Å². The third kappa shape index (κ3) is 3.65. The van der Waals surface area contributed by atoms with Crippen molar-refractivity contribution < 1.29 is 4.39 Å². The largest absolute Gasteiger partial charge is 0.361 e. The van der Waals surface area contributed by atoms with Crippen LogP contribution in [-0.2, 0) is 0 Å². The van der Waals surface area contributed by atoms with Crippen molar-refractivity contribution in [2.24, 2.45) is 5.73 Å². The maximum absolute atomic E-state index is 13.9. The number of nitrogens with two attached hydrogens (primary N) is 1. The highest BCUT2D eigenvalue weighted by Gasteiger charge is 2.34. The summed E-state index contributed by atoms with van der Waals surface area (Å²) < 4.78 is 16.0. The fourth-order valence-electron chi connectivity index (χ4n) is 3.20. The molecule has 2 N–H and O–H groups in total. The van der Waals surface area contributed by atoms with Gasteiger partial charge in [0.05, 0.1) is 6.54 Å². The lowest BCUT2D eigenvalue weighted by Gasteiger charge is -2.26. The van der Waals surface area contributed by atoms with E-state index >= 15 is 0 Å². The van der Waals surface area contributed by atoms with Crippen molar-refractivity contribution in [1.82, 2.24) is 4.31 Å². The lowest BCUT2D eigenvalue weighted by atomic mass is 9.93. The molecule has 0 bridgehead atoms. The Morgan fingerprint density at radius 1 is 1.45 bits per heavy atom. The summed E-state index contributed by atoms with van der Waals surface area (Å²) in [6.07, 6.45) is 2.52. The minimum absolute atomic E-state index is 0.149. The van der Waals surface area contributed by atoms with Crippen LogP contribution in [0.1, 0.15) is 31.7 Å². The van der Waals surface area contributed by atoms with Crippen molar-refractivity contribution in [3.05, 3.63) is 35.7 Å². The Kier molecular flexibility index (Phi) is 5.89. The van der Waals surface area contributed by atoms with Crippen molar-refractivity contribution in [2.75, 3.05) is 32.1 Å². The Balaban J connectivity index is 2.32. The lowest BCUT2D eigenvalue weighted by molar-refractivity contribution is 0.525. The molecular weight excluding hydrogens is 297 g/mol. The van der Waals surface area contributed by atoms with E-state index in [1.165, 1.54) is 16.5 Å². The third-order valence-corrected chi connectivity index (χ3v) is 5.00. The molecule has 0 saturated carbocycles. The van der Waals surface area contributed by atoms with Gasteiger partial charge in [0.1, 0.15) is 5.83 Å². The van der Waals surface area contributed by atoms with Gasteiger partial charge in [0.15, 0.2) is 0 Å². The summed E-state index contributed by atoms with van der Waals surface area (Å²) in [6.45, 7) is 4.94. The van der Waals surface area contributed by atoms with Crippen molar-refractivity contribution in [1.29, 1.82) is 0 Å². The van der Waals surface area contributed by atoms with E-state index in [4.69, 9.17) is 5.73 Å². The number of hydrogen-bond acceptors (Lipinski definition) is 4. The molecule has 1 aromatic rings. The highest BCUT2D eigenvalue weighted by molar-refractivity contribution is 7.97. The van der Waals surface area contributed by atoms with E-state index < -0.39 is 0 Å². The number of fused-ring (bicyclic) bond motifs is 1. The van der Waals surface area contributed by atoms with Gasteiger partial charge in [-0.2, -0.15) is 0 Å². The molecule has 0 aromatic heterocycles. The van der Waals surface area contributed by atoms with Crippen molar-refractivity contribution >= 4 is 17.6 Å². The van der Waals surface area contributed by atoms with Gasteiger partial charge in [0.2, 0.25) is 0 Å². The summed E-state index contributed by atoms with van der Waals surface area (Å²) >= 11 is 1.71. The maximum Gasteiger partial charge on any atom is 0.116 e. The molecule has 122 valence electrons. The fourth-order valence-corrected chi connectivity index (χ4v) is 3.93. The predicted octanol–water partition coefficient (Wildman–Crippen LogP) is 3.77. The molecule has 1 aromatic carbocycles. The Labute approximate surface area is 137 Å². The van der Waals surface area contributed by atoms with Crippen LogP contribution in [0.2, 0.25) is 0 Å². The third-order valence-electron chi connectivity index (χ3n) is 4.17. The van der Waals surface area contributed by atoms with E-state index in [0.717, 1.165) is 12.1 Å². The van der Waals surface area contributed by atoms with E-state index in [9.17, 15) is 4.39 Å². The van der Waals surface area contributed by atoms with E-state index in [0.29, 0.717) is 18.5 Å². The topological polar surface area (TPSA) is 32.5 Å². The average Bonchev–Trinajstić information content (AvgIpc) is 2.70. The summed E-state index contributed by atoms with van der Waals surface area (Å²) in [5, 5.41) is 0. The maximum atomic E-state index is 13.9. The summed E-state index contributed by atoms with van der Waals surface area (Å²) in [5.41, 5.74) is 7.90. The van der Waals surface area contributed by atoms with E-state index in [-0.39, 0.29) is 12.4 Å². The molecule has 2 rings (SSSR count). The summed E-state index contributed by atoms with van der Waals surface area (Å²) in [5.74, 6) is 0.298. The second-order valence-corrected chi connectivity index (χ2v) is 7.28. The first-order valence-electron chi connectivity index (χ1n) is 7.78. The molecule has 0 radical (unpaired) electrons. The van der Waals surface area contributed by atoms with Crippen molar-refractivity contribution in [3.8, 4) is 0 Å². The standard InChI is InChI=1S/C17H26FN3S/c1-5-15-12(2)21(11-13(18)8-9-19)17-7-6-14(10-16(15)17)22-20(3)4/h6-8,10,12,15H,5,9,11,19H2,1-4H3/b13-8-. The second kappa shape index (κ2) is 7.49. The molecule has 0 aliphatic carbocycles. The molecule has 22 heavy (non-hydrogen) atoms. The minimum atomic E-state index is -0.149. The van der Waals surface area contributed by atoms with Gasteiger partial charge >= 0.3 is 0 Å². The van der Waals surface area contributed by atoms with Crippen LogP contribution < -0.4 is 10.6 Å². The summed E-state index contributed by atoms with van der Waals surface area (Å²) in [6, 6.07) is 6.81. The van der Waals surface area contributed by atoms with Crippen LogP contribution >= 0.6 is 11.9 Å². The molecule has 2 atom stereocenters. The fraction of sp³-hybridized carbons (Fsp3) is 0.529. The highest BCUT2D eigenvalue weighted by Crippen LogP contribution is 2.44. The van der Waals surface area contributed by atoms with Crippen LogP contribution in [0.3, 0.4) is 0 Å². The summed E-state index contributed by atoms with van der Waals surface area (Å²) in [7, 11) is 4.08. The molecule has 0 fully saturated rings. The van der Waals surface area contributed by atoms with Crippen molar-refractivity contribution in [2.45, 2.75) is 37.1 Å². The molecule has 2 unspecified atom stereocenters. The minimum Gasteiger partial charge on any atom is -0.361 e. The zero-order valence-electron chi connectivity index (χ0n) is 13.8. The Bertz CT molecular complexity index is 545. The SMILES string of the molecule is CCC1c2cc(SN(C)C)ccc2N(C/C(F)=C/CN)C1C. The number of anilines is 1. The van der Waals surface area contributed by atoms with Crippen LogP contribution in [0, 0.1) is 0 Å². The molecule has 0 saturated heterocycles. The van der Waals surface area contributed by atoms with Gasteiger partial charge < -0.3 is 10.6 Å². The van der Waals surface area contributed by atoms with Crippen LogP contribution in [0.4, 0.5) is 10.1 Å². The van der Waals surface area contributed by atoms with E-state index in [1.807, 2.05) is 14.1 Å². The molecule has 0 amide bonds. The number of benzene rings is 1. The van der Waals surface area contributed by atoms with Gasteiger partial charge in [-0.15, -0.1) is 0 Å². The van der Waals surface area contributed by atoms with Gasteiger partial charge in [-0.05, 0) is 69.2 Å². The highest BCUT2D eigenvalue weighted by atomic mass is 32.2. The quantitative estimate of drug-likeness (QED) is 0.808. The second-order valence-electron chi connectivity index (χ2n) is 5.89. The lowest BCUT2D eigenvalue weighted by Crippen LogP contribution is -2.32. The Morgan fingerprint density at radius 3 is 2.77 bits per heavy atom. The molecule has 1 heterocycles. The van der Waals surface area contributed by atoms with Crippen LogP contribution in [0.25, 0.3) is 0 Å². The van der Waals surface area contributed by atoms with Gasteiger partial charge in [-0.3, -0.25) is 4.31 Å². The molecule has 1 aliphatic rings. The first kappa shape index (κ1) is 17.3. The average molecular weight is 323 g/mol. The van der Waals surface area contributed by atoms with Gasteiger partial charge in [0, 0.05) is 29.1 Å². The number of rotatable bonds is 6. The zero-order chi connectivity index (χ0) is 16.3. The van der Waals surface area contributed by atoms with E-state index in [2.05, 4.69) is 41.3 Å². The molecular formula is C17H26FN3S. The Hall–Kier alpha value is -1.04. The molecule has 3 nitrogen and oxygen atoms in total. The molecule has 0 spiro atoms.